The molecule has 0 atom stereocenters. The molecule has 1 fully saturated rings. The third-order valence-corrected chi connectivity index (χ3v) is 3.25. The SMILES string of the molecule is CCOc1ccc(-c2noc(CNC(=O)C3CC3)n2)cc1. The summed E-state index contributed by atoms with van der Waals surface area (Å²) in [5.41, 5.74) is 0.849. The number of nitrogens with zero attached hydrogens (tertiary/aromatic N) is 2. The van der Waals surface area contributed by atoms with Crippen molar-refractivity contribution in [2.24, 2.45) is 5.92 Å². The van der Waals surface area contributed by atoms with Crippen molar-refractivity contribution in [3.05, 3.63) is 30.2 Å². The van der Waals surface area contributed by atoms with E-state index < -0.39 is 0 Å². The van der Waals surface area contributed by atoms with Crippen LogP contribution in [0.3, 0.4) is 0 Å². The molecule has 0 saturated heterocycles. The van der Waals surface area contributed by atoms with Crippen molar-refractivity contribution in [1.82, 2.24) is 15.5 Å². The van der Waals surface area contributed by atoms with Gasteiger partial charge in [0.2, 0.25) is 17.6 Å². The van der Waals surface area contributed by atoms with Gasteiger partial charge in [0.05, 0.1) is 13.2 Å². The monoisotopic (exact) mass is 287 g/mol. The molecule has 1 aromatic carbocycles. The lowest BCUT2D eigenvalue weighted by Crippen LogP contribution is -2.24. The fraction of sp³-hybridized carbons (Fsp3) is 0.400. The number of aromatic nitrogens is 2. The van der Waals surface area contributed by atoms with E-state index in [4.69, 9.17) is 9.26 Å². The van der Waals surface area contributed by atoms with Crippen LogP contribution < -0.4 is 10.1 Å². The molecule has 1 aromatic heterocycles. The number of benzene rings is 1. The van der Waals surface area contributed by atoms with Gasteiger partial charge in [0.15, 0.2) is 0 Å². The van der Waals surface area contributed by atoms with Gasteiger partial charge in [-0.3, -0.25) is 4.79 Å². The van der Waals surface area contributed by atoms with Gasteiger partial charge in [0.25, 0.3) is 0 Å². The summed E-state index contributed by atoms with van der Waals surface area (Å²) in [6.45, 7) is 2.85. The zero-order chi connectivity index (χ0) is 14.7. The maximum atomic E-state index is 11.5. The number of ether oxygens (including phenoxy) is 1. The molecule has 1 N–H and O–H groups in total. The van der Waals surface area contributed by atoms with Gasteiger partial charge in [-0.2, -0.15) is 4.98 Å². The van der Waals surface area contributed by atoms with Crippen LogP contribution in [0.4, 0.5) is 0 Å². The lowest BCUT2D eigenvalue weighted by molar-refractivity contribution is -0.122. The number of nitrogens with one attached hydrogen (secondary N) is 1. The van der Waals surface area contributed by atoms with Gasteiger partial charge >= 0.3 is 0 Å². The van der Waals surface area contributed by atoms with E-state index in [1.54, 1.807) is 0 Å². The van der Waals surface area contributed by atoms with Gasteiger partial charge < -0.3 is 14.6 Å². The van der Waals surface area contributed by atoms with E-state index >= 15 is 0 Å². The minimum atomic E-state index is 0.0656. The highest BCUT2D eigenvalue weighted by Crippen LogP contribution is 2.28. The Bertz CT molecular complexity index is 617. The van der Waals surface area contributed by atoms with E-state index in [0.717, 1.165) is 24.2 Å². The molecule has 0 radical (unpaired) electrons. The van der Waals surface area contributed by atoms with Crippen LogP contribution in [0.5, 0.6) is 5.75 Å². The minimum absolute atomic E-state index is 0.0656. The van der Waals surface area contributed by atoms with E-state index in [1.165, 1.54) is 0 Å². The second-order valence-electron chi connectivity index (χ2n) is 4.96. The van der Waals surface area contributed by atoms with Crippen molar-refractivity contribution in [3.8, 4) is 17.1 Å². The largest absolute Gasteiger partial charge is 0.494 e. The maximum absolute atomic E-state index is 11.5. The Morgan fingerprint density at radius 1 is 1.38 bits per heavy atom. The van der Waals surface area contributed by atoms with Crippen LogP contribution in [-0.2, 0) is 11.3 Å². The second kappa shape index (κ2) is 5.95. The molecule has 1 heterocycles. The summed E-state index contributed by atoms with van der Waals surface area (Å²) in [6, 6.07) is 7.48. The minimum Gasteiger partial charge on any atom is -0.494 e. The first-order valence-corrected chi connectivity index (χ1v) is 7.10. The van der Waals surface area contributed by atoms with Crippen LogP contribution >= 0.6 is 0 Å². The van der Waals surface area contributed by atoms with Crippen LogP contribution in [0.25, 0.3) is 11.4 Å². The Morgan fingerprint density at radius 3 is 2.81 bits per heavy atom. The Kier molecular flexibility index (Phi) is 3.85. The first-order chi connectivity index (χ1) is 10.3. The first-order valence-electron chi connectivity index (χ1n) is 7.10. The Labute approximate surface area is 122 Å². The van der Waals surface area contributed by atoms with Gasteiger partial charge in [-0.05, 0) is 44.0 Å². The first kappa shape index (κ1) is 13.6. The van der Waals surface area contributed by atoms with Crippen molar-refractivity contribution >= 4 is 5.91 Å². The molecule has 0 unspecified atom stereocenters. The number of carbonyl (C=O) groups is 1. The molecular weight excluding hydrogens is 270 g/mol. The van der Waals surface area contributed by atoms with Gasteiger partial charge in [-0.15, -0.1) is 0 Å². The third-order valence-electron chi connectivity index (χ3n) is 3.25. The molecule has 2 aromatic rings. The van der Waals surface area contributed by atoms with E-state index in [1.807, 2.05) is 31.2 Å². The van der Waals surface area contributed by atoms with Gasteiger partial charge in [0.1, 0.15) is 5.75 Å². The molecule has 1 aliphatic carbocycles. The van der Waals surface area contributed by atoms with E-state index in [0.29, 0.717) is 18.3 Å². The number of carbonyl (C=O) groups excluding carboxylic acids is 1. The van der Waals surface area contributed by atoms with Crippen molar-refractivity contribution in [2.45, 2.75) is 26.3 Å². The van der Waals surface area contributed by atoms with Crippen molar-refractivity contribution < 1.29 is 14.1 Å². The normalized spacial score (nSPS) is 14.0. The zero-order valence-electron chi connectivity index (χ0n) is 11.8. The summed E-state index contributed by atoms with van der Waals surface area (Å²) < 4.78 is 10.5. The van der Waals surface area contributed by atoms with Crippen LogP contribution in [0.1, 0.15) is 25.7 Å². The van der Waals surface area contributed by atoms with E-state index in [2.05, 4.69) is 15.5 Å². The molecule has 1 saturated carbocycles. The lowest BCUT2D eigenvalue weighted by atomic mass is 10.2. The predicted octanol–water partition coefficient (Wildman–Crippen LogP) is 2.16. The molecule has 1 amide bonds. The molecule has 0 bridgehead atoms. The molecular formula is C15H17N3O3. The standard InChI is InChI=1S/C15H17N3O3/c1-2-20-12-7-5-10(6-8-12)14-17-13(21-18-14)9-16-15(19)11-3-4-11/h5-8,11H,2-4,9H2,1H3,(H,16,19). The van der Waals surface area contributed by atoms with Gasteiger partial charge in [-0.25, -0.2) is 0 Å². The molecule has 3 rings (SSSR count). The van der Waals surface area contributed by atoms with Crippen molar-refractivity contribution in [2.75, 3.05) is 6.61 Å². The second-order valence-corrected chi connectivity index (χ2v) is 4.96. The smallest absolute Gasteiger partial charge is 0.246 e. The zero-order valence-corrected chi connectivity index (χ0v) is 11.8. The highest BCUT2D eigenvalue weighted by Gasteiger charge is 2.29. The van der Waals surface area contributed by atoms with Crippen molar-refractivity contribution in [3.63, 3.8) is 0 Å². The van der Waals surface area contributed by atoms with Gasteiger partial charge in [-0.1, -0.05) is 5.16 Å². The highest BCUT2D eigenvalue weighted by molar-refractivity contribution is 5.80. The molecule has 21 heavy (non-hydrogen) atoms. The molecule has 0 aliphatic heterocycles. The number of hydrogen-bond donors (Lipinski definition) is 1. The molecule has 6 heteroatoms. The van der Waals surface area contributed by atoms with E-state index in [9.17, 15) is 4.79 Å². The summed E-state index contributed by atoms with van der Waals surface area (Å²) >= 11 is 0. The quantitative estimate of drug-likeness (QED) is 0.881. The van der Waals surface area contributed by atoms with Crippen LogP contribution in [0.2, 0.25) is 0 Å². The number of hydrogen-bond acceptors (Lipinski definition) is 5. The summed E-state index contributed by atoms with van der Waals surface area (Å²) in [4.78, 5) is 15.8. The summed E-state index contributed by atoms with van der Waals surface area (Å²) in [5, 5.41) is 6.72. The summed E-state index contributed by atoms with van der Waals surface area (Å²) in [7, 11) is 0. The highest BCUT2D eigenvalue weighted by atomic mass is 16.5. The van der Waals surface area contributed by atoms with E-state index in [-0.39, 0.29) is 18.4 Å². The van der Waals surface area contributed by atoms with Gasteiger partial charge in [0, 0.05) is 11.5 Å². The fourth-order valence-corrected chi connectivity index (χ4v) is 1.96. The average molecular weight is 287 g/mol. The molecule has 110 valence electrons. The Morgan fingerprint density at radius 2 is 2.14 bits per heavy atom. The molecule has 0 spiro atoms. The topological polar surface area (TPSA) is 77.3 Å². The Hall–Kier alpha value is -2.37. The van der Waals surface area contributed by atoms with Crippen molar-refractivity contribution in [1.29, 1.82) is 0 Å². The maximum Gasteiger partial charge on any atom is 0.246 e. The third kappa shape index (κ3) is 3.39. The number of amides is 1. The summed E-state index contributed by atoms with van der Waals surface area (Å²) in [5.74, 6) is 1.97. The summed E-state index contributed by atoms with van der Waals surface area (Å²) in [6.07, 6.45) is 1.96. The fourth-order valence-electron chi connectivity index (χ4n) is 1.96. The van der Waals surface area contributed by atoms with Crippen LogP contribution in [0.15, 0.2) is 28.8 Å². The lowest BCUT2D eigenvalue weighted by Gasteiger charge is -2.02. The van der Waals surface area contributed by atoms with Crippen LogP contribution in [-0.4, -0.2) is 22.7 Å². The predicted molar refractivity (Wildman–Crippen MR) is 75.5 cm³/mol. The number of rotatable bonds is 6. The Balaban J connectivity index is 1.62. The molecule has 6 nitrogen and oxygen atoms in total. The average Bonchev–Trinajstić information content (AvgIpc) is 3.25. The van der Waals surface area contributed by atoms with Crippen LogP contribution in [0, 0.1) is 5.92 Å². The molecule has 1 aliphatic rings.